The van der Waals surface area contributed by atoms with Crippen LogP contribution in [0.4, 0.5) is 0 Å². The number of benzene rings is 2. The lowest BCUT2D eigenvalue weighted by atomic mass is 10.1. The summed E-state index contributed by atoms with van der Waals surface area (Å²) >= 11 is 1.52. The number of aromatic nitrogens is 3. The van der Waals surface area contributed by atoms with Crippen molar-refractivity contribution in [3.05, 3.63) is 65.2 Å². The number of nitrogens with one attached hydrogen (secondary N) is 1. The quantitative estimate of drug-likeness (QED) is 0.533. The maximum Gasteiger partial charge on any atom is 0.337 e. The van der Waals surface area contributed by atoms with Crippen LogP contribution in [0.3, 0.4) is 0 Å². The lowest BCUT2D eigenvalue weighted by molar-refractivity contribution is 0.0600. The van der Waals surface area contributed by atoms with Gasteiger partial charge in [0.2, 0.25) is 5.16 Å². The van der Waals surface area contributed by atoms with Gasteiger partial charge in [0.1, 0.15) is 0 Å². The summed E-state index contributed by atoms with van der Waals surface area (Å²) in [5, 5.41) is 7.92. The van der Waals surface area contributed by atoms with Gasteiger partial charge in [-0.2, -0.15) is 0 Å². The van der Waals surface area contributed by atoms with E-state index < -0.39 is 0 Å². The number of methoxy groups -OCH3 is 1. The molecular formula is C19H19N3O2S. The van der Waals surface area contributed by atoms with Crippen molar-refractivity contribution in [2.75, 3.05) is 7.11 Å². The molecule has 6 heteroatoms. The van der Waals surface area contributed by atoms with E-state index in [1.54, 1.807) is 6.07 Å². The predicted molar refractivity (Wildman–Crippen MR) is 98.5 cm³/mol. The second-order valence-corrected chi connectivity index (χ2v) is 6.44. The fourth-order valence-electron chi connectivity index (χ4n) is 2.39. The molecule has 1 N–H and O–H groups in total. The number of esters is 1. The molecule has 25 heavy (non-hydrogen) atoms. The van der Waals surface area contributed by atoms with Gasteiger partial charge in [0.25, 0.3) is 0 Å². The Bertz CT molecular complexity index is 859. The minimum absolute atomic E-state index is 0.331. The van der Waals surface area contributed by atoms with E-state index in [-0.39, 0.29) is 5.97 Å². The molecule has 0 unspecified atom stereocenters. The molecule has 1 aromatic heterocycles. The third kappa shape index (κ3) is 4.28. The molecular weight excluding hydrogens is 334 g/mol. The normalized spacial score (nSPS) is 10.6. The Kier molecular flexibility index (Phi) is 5.50. The van der Waals surface area contributed by atoms with Crippen LogP contribution in [0.5, 0.6) is 0 Å². The molecule has 0 aliphatic carbocycles. The summed E-state index contributed by atoms with van der Waals surface area (Å²) in [5.74, 6) is 1.10. The molecule has 3 aromatic rings. The highest BCUT2D eigenvalue weighted by Gasteiger charge is 2.09. The average Bonchev–Trinajstić information content (AvgIpc) is 3.15. The highest BCUT2D eigenvalue weighted by molar-refractivity contribution is 7.98. The molecule has 0 bridgehead atoms. The zero-order valence-electron chi connectivity index (χ0n) is 14.2. The van der Waals surface area contributed by atoms with Crippen LogP contribution < -0.4 is 0 Å². The van der Waals surface area contributed by atoms with Crippen molar-refractivity contribution in [1.29, 1.82) is 0 Å². The molecule has 0 saturated heterocycles. The number of carbonyl (C=O) groups excluding carboxylic acids is 1. The van der Waals surface area contributed by atoms with E-state index in [0.29, 0.717) is 16.5 Å². The van der Waals surface area contributed by atoms with Crippen LogP contribution in [0.2, 0.25) is 0 Å². The number of rotatable bonds is 6. The number of carbonyl (C=O) groups is 1. The van der Waals surface area contributed by atoms with Gasteiger partial charge in [0, 0.05) is 11.3 Å². The first-order valence-corrected chi connectivity index (χ1v) is 9.00. The van der Waals surface area contributed by atoms with E-state index >= 15 is 0 Å². The summed E-state index contributed by atoms with van der Waals surface area (Å²) in [6, 6.07) is 15.7. The Balaban J connectivity index is 1.66. The minimum atomic E-state index is -0.331. The fourth-order valence-corrected chi connectivity index (χ4v) is 3.13. The summed E-state index contributed by atoms with van der Waals surface area (Å²) < 4.78 is 4.75. The molecule has 2 aromatic carbocycles. The number of ether oxygens (including phenoxy) is 1. The first-order chi connectivity index (χ1) is 12.2. The molecule has 0 aliphatic rings. The van der Waals surface area contributed by atoms with Gasteiger partial charge in [0.15, 0.2) is 5.82 Å². The van der Waals surface area contributed by atoms with E-state index in [4.69, 9.17) is 4.74 Å². The molecule has 3 rings (SSSR count). The maximum absolute atomic E-state index is 11.6. The molecule has 0 radical (unpaired) electrons. The van der Waals surface area contributed by atoms with E-state index in [9.17, 15) is 4.79 Å². The van der Waals surface area contributed by atoms with Crippen LogP contribution >= 0.6 is 11.8 Å². The summed E-state index contributed by atoms with van der Waals surface area (Å²) in [6.07, 6.45) is 1.02. The number of hydrogen-bond acceptors (Lipinski definition) is 5. The number of nitrogens with zero attached hydrogens (tertiary/aromatic N) is 2. The zero-order chi connectivity index (χ0) is 17.6. The predicted octanol–water partition coefficient (Wildman–Crippen LogP) is 4.11. The van der Waals surface area contributed by atoms with Crippen molar-refractivity contribution in [2.45, 2.75) is 24.3 Å². The monoisotopic (exact) mass is 353 g/mol. The third-order valence-corrected chi connectivity index (χ3v) is 4.73. The van der Waals surface area contributed by atoms with Gasteiger partial charge in [-0.3, -0.25) is 5.10 Å². The molecule has 0 aliphatic heterocycles. The van der Waals surface area contributed by atoms with E-state index in [0.717, 1.165) is 23.4 Å². The summed E-state index contributed by atoms with van der Waals surface area (Å²) in [7, 11) is 1.38. The maximum atomic E-state index is 11.6. The van der Waals surface area contributed by atoms with E-state index in [1.165, 1.54) is 24.4 Å². The topological polar surface area (TPSA) is 67.9 Å². The Morgan fingerprint density at radius 3 is 2.68 bits per heavy atom. The number of H-pyrrole nitrogens is 1. The van der Waals surface area contributed by atoms with Crippen molar-refractivity contribution in [1.82, 2.24) is 15.2 Å². The van der Waals surface area contributed by atoms with Crippen molar-refractivity contribution >= 4 is 17.7 Å². The zero-order valence-corrected chi connectivity index (χ0v) is 15.0. The molecule has 1 heterocycles. The smallest absolute Gasteiger partial charge is 0.337 e. The molecule has 128 valence electrons. The van der Waals surface area contributed by atoms with Crippen molar-refractivity contribution in [2.24, 2.45) is 0 Å². The third-order valence-electron chi connectivity index (χ3n) is 3.82. The van der Waals surface area contributed by atoms with Crippen LogP contribution in [0, 0.1) is 0 Å². The molecule has 0 fully saturated rings. The highest BCUT2D eigenvalue weighted by atomic mass is 32.2. The molecule has 0 atom stereocenters. The number of hydrogen-bond donors (Lipinski definition) is 1. The highest BCUT2D eigenvalue weighted by Crippen LogP contribution is 2.23. The Morgan fingerprint density at radius 2 is 1.96 bits per heavy atom. The number of aryl methyl sites for hydroxylation is 1. The van der Waals surface area contributed by atoms with Gasteiger partial charge in [0.05, 0.1) is 12.7 Å². The Hall–Kier alpha value is -2.60. The average molecular weight is 353 g/mol. The van der Waals surface area contributed by atoms with Gasteiger partial charge < -0.3 is 4.74 Å². The van der Waals surface area contributed by atoms with Crippen molar-refractivity contribution in [3.63, 3.8) is 0 Å². The first kappa shape index (κ1) is 17.2. The van der Waals surface area contributed by atoms with Gasteiger partial charge in [-0.15, -0.1) is 5.10 Å². The summed E-state index contributed by atoms with van der Waals surface area (Å²) in [5.41, 5.74) is 3.88. The SMILES string of the molecule is CCc1ccc(-c2nc(SCc3cccc(C(=O)OC)c3)n[nH]2)cc1. The van der Waals surface area contributed by atoms with Crippen molar-refractivity contribution in [3.8, 4) is 11.4 Å². The summed E-state index contributed by atoms with van der Waals surface area (Å²) in [6.45, 7) is 2.13. The largest absolute Gasteiger partial charge is 0.465 e. The van der Waals surface area contributed by atoms with Crippen LogP contribution in [0.1, 0.15) is 28.4 Å². The number of thioether (sulfide) groups is 1. The minimum Gasteiger partial charge on any atom is -0.465 e. The standard InChI is InChI=1S/C19H19N3O2S/c1-3-13-7-9-15(10-8-13)17-20-19(22-21-17)25-12-14-5-4-6-16(11-14)18(23)24-2/h4-11H,3,12H2,1-2H3,(H,20,21,22). The van der Waals surface area contributed by atoms with Gasteiger partial charge in [-0.25, -0.2) is 9.78 Å². The van der Waals surface area contributed by atoms with Crippen molar-refractivity contribution < 1.29 is 9.53 Å². The van der Waals surface area contributed by atoms with Gasteiger partial charge >= 0.3 is 5.97 Å². The van der Waals surface area contributed by atoms with E-state index in [1.807, 2.05) is 30.3 Å². The molecule has 5 nitrogen and oxygen atoms in total. The van der Waals surface area contributed by atoms with Gasteiger partial charge in [-0.1, -0.05) is 55.1 Å². The lowest BCUT2D eigenvalue weighted by Gasteiger charge is -2.02. The van der Waals surface area contributed by atoms with Gasteiger partial charge in [-0.05, 0) is 29.7 Å². The Morgan fingerprint density at radius 1 is 1.16 bits per heavy atom. The van der Waals surface area contributed by atoms with E-state index in [2.05, 4.69) is 34.2 Å². The summed E-state index contributed by atoms with van der Waals surface area (Å²) in [4.78, 5) is 16.1. The lowest BCUT2D eigenvalue weighted by Crippen LogP contribution is -2.01. The first-order valence-electron chi connectivity index (χ1n) is 8.01. The molecule has 0 spiro atoms. The second-order valence-electron chi connectivity index (χ2n) is 5.50. The fraction of sp³-hybridized carbons (Fsp3) is 0.211. The van der Waals surface area contributed by atoms with Crippen LogP contribution in [-0.4, -0.2) is 28.3 Å². The Labute approximate surface area is 150 Å². The second kappa shape index (κ2) is 7.98. The number of aromatic amines is 1. The molecule has 0 saturated carbocycles. The molecule has 0 amide bonds. The van der Waals surface area contributed by atoms with Crippen LogP contribution in [-0.2, 0) is 16.9 Å². The van der Waals surface area contributed by atoms with Crippen LogP contribution in [0.15, 0.2) is 53.7 Å². The van der Waals surface area contributed by atoms with Crippen LogP contribution in [0.25, 0.3) is 11.4 Å².